The van der Waals surface area contributed by atoms with E-state index >= 15 is 0 Å². The van der Waals surface area contributed by atoms with Gasteiger partial charge in [0.25, 0.3) is 0 Å². The highest BCUT2D eigenvalue weighted by Crippen LogP contribution is 2.20. The number of rotatable bonds is 10. The first-order valence-electron chi connectivity index (χ1n) is 8.22. The van der Waals surface area contributed by atoms with Crippen molar-refractivity contribution in [3.05, 3.63) is 29.8 Å². The maximum atomic E-state index is 12.4. The van der Waals surface area contributed by atoms with Crippen LogP contribution in [-0.2, 0) is 14.8 Å². The quantitative estimate of drug-likeness (QED) is 0.661. The van der Waals surface area contributed by atoms with E-state index in [0.29, 0.717) is 23.8 Å². The molecular formula is C17H28N2O3S2. The van der Waals surface area contributed by atoms with Crippen molar-refractivity contribution in [2.45, 2.75) is 45.6 Å². The fraction of sp³-hybridized carbons (Fsp3) is 0.588. The highest BCUT2D eigenvalue weighted by atomic mass is 32.2. The summed E-state index contributed by atoms with van der Waals surface area (Å²) in [5.41, 5.74) is 1.90. The zero-order valence-corrected chi connectivity index (χ0v) is 16.5. The van der Waals surface area contributed by atoms with Crippen LogP contribution in [0.2, 0.25) is 0 Å². The third-order valence-electron chi connectivity index (χ3n) is 3.99. The van der Waals surface area contributed by atoms with Crippen LogP contribution < -0.4 is 10.0 Å². The molecule has 2 atom stereocenters. The summed E-state index contributed by atoms with van der Waals surface area (Å²) in [5, 5.41) is 2.81. The predicted molar refractivity (Wildman–Crippen MR) is 103 cm³/mol. The molecule has 1 aromatic carbocycles. The average molecular weight is 373 g/mol. The molecule has 1 amide bonds. The van der Waals surface area contributed by atoms with E-state index in [1.807, 2.05) is 30.5 Å². The Hall–Kier alpha value is -1.05. The Morgan fingerprint density at radius 1 is 1.21 bits per heavy atom. The SMILES string of the molecule is CC[C@H](C)c1ccc(NC(=O)[C@@H](CCSC)NS(=O)(=O)CC)cc1. The number of anilines is 1. The van der Waals surface area contributed by atoms with Crippen molar-refractivity contribution in [2.24, 2.45) is 0 Å². The van der Waals surface area contributed by atoms with E-state index in [0.717, 1.165) is 6.42 Å². The van der Waals surface area contributed by atoms with E-state index in [-0.39, 0.29) is 11.7 Å². The summed E-state index contributed by atoms with van der Waals surface area (Å²) in [4.78, 5) is 12.4. The van der Waals surface area contributed by atoms with E-state index in [1.165, 1.54) is 5.56 Å². The molecular weight excluding hydrogens is 344 g/mol. The van der Waals surface area contributed by atoms with Crippen molar-refractivity contribution in [3.63, 3.8) is 0 Å². The highest BCUT2D eigenvalue weighted by molar-refractivity contribution is 7.98. The first kappa shape index (κ1) is 21.0. The van der Waals surface area contributed by atoms with Gasteiger partial charge in [-0.15, -0.1) is 0 Å². The fourth-order valence-corrected chi connectivity index (χ4v) is 3.44. The van der Waals surface area contributed by atoms with E-state index in [9.17, 15) is 13.2 Å². The summed E-state index contributed by atoms with van der Waals surface area (Å²) in [6.45, 7) is 5.85. The molecule has 0 aromatic heterocycles. The lowest BCUT2D eigenvalue weighted by molar-refractivity contribution is -0.117. The van der Waals surface area contributed by atoms with Crippen LogP contribution >= 0.6 is 11.8 Å². The van der Waals surface area contributed by atoms with Crippen molar-refractivity contribution in [2.75, 3.05) is 23.1 Å². The van der Waals surface area contributed by atoms with Gasteiger partial charge in [-0.05, 0) is 55.4 Å². The Balaban J connectivity index is 2.79. The molecule has 0 saturated carbocycles. The average Bonchev–Trinajstić information content (AvgIpc) is 2.58. The predicted octanol–water partition coefficient (Wildman–Crippen LogP) is 3.20. The molecule has 136 valence electrons. The third-order valence-corrected chi connectivity index (χ3v) is 6.04. The molecule has 0 saturated heterocycles. The maximum Gasteiger partial charge on any atom is 0.242 e. The van der Waals surface area contributed by atoms with Gasteiger partial charge in [-0.2, -0.15) is 11.8 Å². The van der Waals surface area contributed by atoms with E-state index in [2.05, 4.69) is 23.9 Å². The monoisotopic (exact) mass is 372 g/mol. The molecule has 0 bridgehead atoms. The Morgan fingerprint density at radius 2 is 1.83 bits per heavy atom. The smallest absolute Gasteiger partial charge is 0.242 e. The summed E-state index contributed by atoms with van der Waals surface area (Å²) in [7, 11) is -3.43. The number of carbonyl (C=O) groups is 1. The number of benzene rings is 1. The second-order valence-corrected chi connectivity index (χ2v) is 8.80. The van der Waals surface area contributed by atoms with Crippen molar-refractivity contribution in [3.8, 4) is 0 Å². The van der Waals surface area contributed by atoms with E-state index < -0.39 is 16.1 Å². The zero-order valence-electron chi connectivity index (χ0n) is 14.8. The summed E-state index contributed by atoms with van der Waals surface area (Å²) in [6.07, 6.45) is 3.44. The minimum absolute atomic E-state index is 0.0420. The molecule has 0 aliphatic heterocycles. The van der Waals surface area contributed by atoms with Crippen LogP contribution in [0.3, 0.4) is 0 Å². The number of nitrogens with one attached hydrogen (secondary N) is 2. The Labute approximate surface area is 150 Å². The van der Waals surface area contributed by atoms with Gasteiger partial charge in [0, 0.05) is 5.69 Å². The number of hydrogen-bond donors (Lipinski definition) is 2. The Morgan fingerprint density at radius 3 is 2.33 bits per heavy atom. The standard InChI is InChI=1S/C17H28N2O3S2/c1-5-13(3)14-7-9-15(10-8-14)18-17(20)16(11-12-23-4)19-24(21,22)6-2/h7-10,13,16,19H,5-6,11-12H2,1-4H3,(H,18,20)/t13-,16+/m0/s1. The topological polar surface area (TPSA) is 75.3 Å². The van der Waals surface area contributed by atoms with Crippen LogP contribution in [0.15, 0.2) is 24.3 Å². The van der Waals surface area contributed by atoms with Gasteiger partial charge in [0.05, 0.1) is 5.75 Å². The zero-order chi connectivity index (χ0) is 18.2. The third kappa shape index (κ3) is 6.83. The Kier molecular flexibility index (Phi) is 8.80. The largest absolute Gasteiger partial charge is 0.325 e. The minimum Gasteiger partial charge on any atom is -0.325 e. The Bertz CT molecular complexity index is 615. The van der Waals surface area contributed by atoms with Gasteiger partial charge in [-0.1, -0.05) is 26.0 Å². The summed E-state index contributed by atoms with van der Waals surface area (Å²) in [6, 6.07) is 6.96. The number of amides is 1. The van der Waals surface area contributed by atoms with Gasteiger partial charge >= 0.3 is 0 Å². The number of carbonyl (C=O) groups excluding carboxylic acids is 1. The second-order valence-electron chi connectivity index (χ2n) is 5.78. The second kappa shape index (κ2) is 10.1. The van der Waals surface area contributed by atoms with Gasteiger partial charge in [-0.25, -0.2) is 13.1 Å². The van der Waals surface area contributed by atoms with Crippen LogP contribution in [0.4, 0.5) is 5.69 Å². The van der Waals surface area contributed by atoms with Gasteiger partial charge < -0.3 is 5.32 Å². The summed E-state index contributed by atoms with van der Waals surface area (Å²) < 4.78 is 26.1. The van der Waals surface area contributed by atoms with Crippen molar-refractivity contribution in [1.82, 2.24) is 4.72 Å². The van der Waals surface area contributed by atoms with E-state index in [4.69, 9.17) is 0 Å². The van der Waals surface area contributed by atoms with E-state index in [1.54, 1.807) is 18.7 Å². The first-order valence-corrected chi connectivity index (χ1v) is 11.3. The molecule has 7 heteroatoms. The summed E-state index contributed by atoms with van der Waals surface area (Å²) >= 11 is 1.58. The minimum atomic E-state index is -3.43. The highest BCUT2D eigenvalue weighted by Gasteiger charge is 2.23. The molecule has 0 fully saturated rings. The lowest BCUT2D eigenvalue weighted by Gasteiger charge is -2.18. The molecule has 0 spiro atoms. The van der Waals surface area contributed by atoms with Crippen LogP contribution in [0.5, 0.6) is 0 Å². The molecule has 24 heavy (non-hydrogen) atoms. The van der Waals surface area contributed by atoms with Gasteiger partial charge in [0.1, 0.15) is 6.04 Å². The molecule has 5 nitrogen and oxygen atoms in total. The molecule has 0 aliphatic carbocycles. The van der Waals surface area contributed by atoms with Crippen LogP contribution in [0.1, 0.15) is 45.1 Å². The van der Waals surface area contributed by atoms with Crippen LogP contribution in [0, 0.1) is 0 Å². The molecule has 0 radical (unpaired) electrons. The van der Waals surface area contributed by atoms with Crippen molar-refractivity contribution < 1.29 is 13.2 Å². The lowest BCUT2D eigenvalue weighted by atomic mass is 9.98. The maximum absolute atomic E-state index is 12.4. The van der Waals surface area contributed by atoms with Crippen molar-refractivity contribution >= 4 is 33.4 Å². The molecule has 2 N–H and O–H groups in total. The number of thioether (sulfide) groups is 1. The fourth-order valence-electron chi connectivity index (χ4n) is 2.14. The van der Waals surface area contributed by atoms with Gasteiger partial charge in [0.2, 0.25) is 15.9 Å². The lowest BCUT2D eigenvalue weighted by Crippen LogP contribution is -2.44. The molecule has 0 heterocycles. The number of hydrogen-bond acceptors (Lipinski definition) is 4. The number of sulfonamides is 1. The molecule has 0 unspecified atom stereocenters. The van der Waals surface area contributed by atoms with Crippen molar-refractivity contribution in [1.29, 1.82) is 0 Å². The molecule has 0 aliphatic rings. The van der Waals surface area contributed by atoms with Gasteiger partial charge in [-0.3, -0.25) is 4.79 Å². The summed E-state index contributed by atoms with van der Waals surface area (Å²) in [5.74, 6) is 0.814. The molecule has 1 aromatic rings. The van der Waals surface area contributed by atoms with Crippen LogP contribution in [0.25, 0.3) is 0 Å². The normalized spacial score (nSPS) is 14.2. The first-order chi connectivity index (χ1) is 11.3. The van der Waals surface area contributed by atoms with Gasteiger partial charge in [0.15, 0.2) is 0 Å². The molecule has 1 rings (SSSR count). The van der Waals surface area contributed by atoms with Crippen LogP contribution in [-0.4, -0.2) is 38.1 Å².